The second-order valence-electron chi connectivity index (χ2n) is 7.20. The fourth-order valence-electron chi connectivity index (χ4n) is 4.16. The van der Waals surface area contributed by atoms with E-state index in [2.05, 4.69) is 15.2 Å². The normalized spacial score (nSPS) is 20.4. The second-order valence-corrected chi connectivity index (χ2v) is 7.20. The number of H-pyrrole nitrogens is 2. The monoisotopic (exact) mass is 340 g/mol. The molecule has 1 fully saturated rings. The molecule has 1 aliphatic carbocycles. The van der Waals surface area contributed by atoms with Gasteiger partial charge in [-0.2, -0.15) is 5.10 Å². The Hall–Kier alpha value is -2.37. The quantitative estimate of drug-likeness (QED) is 0.882. The molecule has 25 heavy (non-hydrogen) atoms. The van der Waals surface area contributed by atoms with Crippen LogP contribution in [-0.2, 0) is 12.8 Å². The number of rotatable bonds is 2. The second kappa shape index (κ2) is 6.50. The highest BCUT2D eigenvalue weighted by atomic mass is 16.2. The number of pyridine rings is 1. The number of likely N-dealkylation sites (tertiary alicyclic amines) is 1. The van der Waals surface area contributed by atoms with Gasteiger partial charge in [0.05, 0.1) is 17.9 Å². The minimum atomic E-state index is -0.253. The molecule has 2 aliphatic rings. The summed E-state index contributed by atoms with van der Waals surface area (Å²) in [5.74, 6) is -0.159. The van der Waals surface area contributed by atoms with E-state index < -0.39 is 0 Å². The Bertz CT molecular complexity index is 851. The highest BCUT2D eigenvalue weighted by Gasteiger charge is 2.32. The predicted octanol–water partition coefficient (Wildman–Crippen LogP) is 2.65. The highest BCUT2D eigenvalue weighted by Crippen LogP contribution is 2.32. The topological polar surface area (TPSA) is 81.8 Å². The van der Waals surface area contributed by atoms with Crippen molar-refractivity contribution >= 4 is 5.91 Å². The fourth-order valence-corrected chi connectivity index (χ4v) is 4.16. The molecule has 6 heteroatoms. The summed E-state index contributed by atoms with van der Waals surface area (Å²) >= 11 is 0. The first-order valence-corrected chi connectivity index (χ1v) is 9.21. The number of aromatic amines is 2. The van der Waals surface area contributed by atoms with Crippen molar-refractivity contribution in [3.8, 4) is 0 Å². The van der Waals surface area contributed by atoms with Crippen LogP contribution in [0.25, 0.3) is 0 Å². The van der Waals surface area contributed by atoms with Gasteiger partial charge >= 0.3 is 0 Å². The summed E-state index contributed by atoms with van der Waals surface area (Å²) in [6.07, 6.45) is 8.80. The van der Waals surface area contributed by atoms with Crippen molar-refractivity contribution in [1.82, 2.24) is 20.1 Å². The molecule has 2 aromatic rings. The SMILES string of the molecule is Cc1cn[nH]c1[C@H]1CCCCN1C(=O)c1cc2c([nH]c1=O)CCCC2. The number of amides is 1. The van der Waals surface area contributed by atoms with Gasteiger partial charge in [0.15, 0.2) is 0 Å². The Morgan fingerprint density at radius 1 is 1.24 bits per heavy atom. The molecule has 132 valence electrons. The molecule has 1 saturated heterocycles. The molecule has 0 spiro atoms. The maximum Gasteiger partial charge on any atom is 0.261 e. The van der Waals surface area contributed by atoms with E-state index in [-0.39, 0.29) is 23.1 Å². The first kappa shape index (κ1) is 16.1. The van der Waals surface area contributed by atoms with Crippen molar-refractivity contribution in [1.29, 1.82) is 0 Å². The van der Waals surface area contributed by atoms with Gasteiger partial charge < -0.3 is 9.88 Å². The van der Waals surface area contributed by atoms with Gasteiger partial charge in [0.1, 0.15) is 5.56 Å². The van der Waals surface area contributed by atoms with Crippen LogP contribution in [0.3, 0.4) is 0 Å². The number of aryl methyl sites for hydroxylation is 3. The molecule has 0 unspecified atom stereocenters. The Morgan fingerprint density at radius 2 is 2.08 bits per heavy atom. The molecule has 4 rings (SSSR count). The molecule has 6 nitrogen and oxygen atoms in total. The van der Waals surface area contributed by atoms with Crippen LogP contribution in [0.2, 0.25) is 0 Å². The average molecular weight is 340 g/mol. The van der Waals surface area contributed by atoms with Crippen molar-refractivity contribution < 1.29 is 4.79 Å². The van der Waals surface area contributed by atoms with Gasteiger partial charge in [-0.15, -0.1) is 0 Å². The molecular formula is C19H24N4O2. The Labute approximate surface area is 146 Å². The first-order valence-electron chi connectivity index (χ1n) is 9.21. The highest BCUT2D eigenvalue weighted by molar-refractivity contribution is 5.94. The van der Waals surface area contributed by atoms with E-state index in [4.69, 9.17) is 0 Å². The van der Waals surface area contributed by atoms with E-state index in [9.17, 15) is 9.59 Å². The van der Waals surface area contributed by atoms with Gasteiger partial charge in [0, 0.05) is 12.2 Å². The van der Waals surface area contributed by atoms with Crippen molar-refractivity contribution in [3.05, 3.63) is 50.7 Å². The zero-order chi connectivity index (χ0) is 17.4. The summed E-state index contributed by atoms with van der Waals surface area (Å²) in [4.78, 5) is 30.5. The van der Waals surface area contributed by atoms with Crippen LogP contribution in [-0.4, -0.2) is 32.5 Å². The summed E-state index contributed by atoms with van der Waals surface area (Å²) in [6, 6.07) is 1.81. The van der Waals surface area contributed by atoms with E-state index in [0.717, 1.165) is 67.5 Å². The number of carbonyl (C=O) groups excluding carboxylic acids is 1. The number of piperidine rings is 1. The molecule has 1 amide bonds. The van der Waals surface area contributed by atoms with Crippen LogP contribution in [0, 0.1) is 6.92 Å². The predicted molar refractivity (Wildman–Crippen MR) is 94.7 cm³/mol. The minimum absolute atomic E-state index is 0.0285. The third kappa shape index (κ3) is 2.90. The molecule has 2 aromatic heterocycles. The van der Waals surface area contributed by atoms with Crippen LogP contribution < -0.4 is 5.56 Å². The maximum absolute atomic E-state index is 13.2. The summed E-state index contributed by atoms with van der Waals surface area (Å²) in [7, 11) is 0. The molecule has 0 radical (unpaired) electrons. The summed E-state index contributed by atoms with van der Waals surface area (Å²) in [6.45, 7) is 2.68. The third-order valence-corrected chi connectivity index (χ3v) is 5.53. The third-order valence-electron chi connectivity index (χ3n) is 5.53. The van der Waals surface area contributed by atoms with Crippen molar-refractivity contribution in [2.75, 3.05) is 6.54 Å². The van der Waals surface area contributed by atoms with E-state index in [1.165, 1.54) is 0 Å². The maximum atomic E-state index is 13.2. The number of hydrogen-bond donors (Lipinski definition) is 2. The number of carbonyl (C=O) groups is 1. The zero-order valence-corrected chi connectivity index (χ0v) is 14.6. The molecule has 1 atom stereocenters. The smallest absolute Gasteiger partial charge is 0.261 e. The molecule has 1 aliphatic heterocycles. The van der Waals surface area contributed by atoms with Crippen LogP contribution in [0.5, 0.6) is 0 Å². The molecule has 0 saturated carbocycles. The molecule has 0 bridgehead atoms. The van der Waals surface area contributed by atoms with E-state index >= 15 is 0 Å². The van der Waals surface area contributed by atoms with E-state index in [1.54, 1.807) is 6.20 Å². The lowest BCUT2D eigenvalue weighted by atomic mass is 9.93. The molecule has 3 heterocycles. The lowest BCUT2D eigenvalue weighted by Gasteiger charge is -2.35. The van der Waals surface area contributed by atoms with E-state index in [0.29, 0.717) is 6.54 Å². The molecule has 2 N–H and O–H groups in total. The van der Waals surface area contributed by atoms with Gasteiger partial charge in [-0.05, 0) is 69.1 Å². The lowest BCUT2D eigenvalue weighted by Crippen LogP contribution is -2.41. The number of fused-ring (bicyclic) bond motifs is 1. The van der Waals surface area contributed by atoms with Crippen LogP contribution in [0.1, 0.15) is 71.0 Å². The zero-order valence-electron chi connectivity index (χ0n) is 14.6. The number of nitrogens with zero attached hydrogens (tertiary/aromatic N) is 2. The number of hydrogen-bond acceptors (Lipinski definition) is 3. The van der Waals surface area contributed by atoms with Gasteiger partial charge in [-0.25, -0.2) is 0 Å². The van der Waals surface area contributed by atoms with Gasteiger partial charge in [0.2, 0.25) is 0 Å². The first-order chi connectivity index (χ1) is 12.1. The summed E-state index contributed by atoms with van der Waals surface area (Å²) < 4.78 is 0. The van der Waals surface area contributed by atoms with Gasteiger partial charge in [-0.1, -0.05) is 0 Å². The van der Waals surface area contributed by atoms with Gasteiger partial charge in [0.25, 0.3) is 11.5 Å². The van der Waals surface area contributed by atoms with E-state index in [1.807, 2.05) is 17.9 Å². The molecular weight excluding hydrogens is 316 g/mol. The van der Waals surface area contributed by atoms with Crippen molar-refractivity contribution in [3.63, 3.8) is 0 Å². The fraction of sp³-hybridized carbons (Fsp3) is 0.526. The Morgan fingerprint density at radius 3 is 2.88 bits per heavy atom. The number of nitrogens with one attached hydrogen (secondary N) is 2. The summed E-state index contributed by atoms with van der Waals surface area (Å²) in [5.41, 5.74) is 4.21. The van der Waals surface area contributed by atoms with Crippen LogP contribution >= 0.6 is 0 Å². The summed E-state index contributed by atoms with van der Waals surface area (Å²) in [5, 5.41) is 7.15. The van der Waals surface area contributed by atoms with Gasteiger partial charge in [-0.3, -0.25) is 14.7 Å². The van der Waals surface area contributed by atoms with Crippen LogP contribution in [0.15, 0.2) is 17.1 Å². The van der Waals surface area contributed by atoms with Crippen LogP contribution in [0.4, 0.5) is 0 Å². The lowest BCUT2D eigenvalue weighted by molar-refractivity contribution is 0.0603. The average Bonchev–Trinajstić information content (AvgIpc) is 3.06. The largest absolute Gasteiger partial charge is 0.330 e. The van der Waals surface area contributed by atoms with Crippen molar-refractivity contribution in [2.24, 2.45) is 0 Å². The molecule has 0 aromatic carbocycles. The Kier molecular flexibility index (Phi) is 4.19. The minimum Gasteiger partial charge on any atom is -0.330 e. The van der Waals surface area contributed by atoms with Crippen molar-refractivity contribution in [2.45, 2.75) is 57.9 Å². The Balaban J connectivity index is 1.69. The standard InChI is InChI=1S/C19H24N4O2/c1-12-11-20-22-17(12)16-8-4-5-9-23(16)19(25)14-10-13-6-2-3-7-15(13)21-18(14)24/h10-11,16H,2-9H2,1H3,(H,20,22)(H,21,24)/t16-/m1/s1. The number of aromatic nitrogens is 3.